The van der Waals surface area contributed by atoms with Crippen molar-refractivity contribution in [2.75, 3.05) is 0 Å². The Morgan fingerprint density at radius 1 is 1.21 bits per heavy atom. The van der Waals surface area contributed by atoms with E-state index < -0.39 is 0 Å². The molecular weight excluding hydrogens is 236 g/mol. The molecule has 1 aliphatic carbocycles. The minimum atomic E-state index is 0.613. The van der Waals surface area contributed by atoms with E-state index in [1.54, 1.807) is 6.33 Å². The van der Waals surface area contributed by atoms with Gasteiger partial charge in [0, 0.05) is 12.6 Å². The molecule has 1 fully saturated rings. The third-order valence-corrected chi connectivity index (χ3v) is 3.89. The van der Waals surface area contributed by atoms with Gasteiger partial charge in [-0.25, -0.2) is 9.67 Å². The zero-order valence-electron chi connectivity index (χ0n) is 12.4. The molecule has 108 valence electrons. The van der Waals surface area contributed by atoms with E-state index in [-0.39, 0.29) is 0 Å². The Morgan fingerprint density at radius 2 is 1.89 bits per heavy atom. The highest BCUT2D eigenvalue weighted by atomic mass is 15.3. The Kier molecular flexibility index (Phi) is 5.83. The molecule has 0 bridgehead atoms. The predicted molar refractivity (Wildman–Crippen MR) is 77.8 cm³/mol. The molecular formula is C15H28N4. The summed E-state index contributed by atoms with van der Waals surface area (Å²) >= 11 is 0. The van der Waals surface area contributed by atoms with Gasteiger partial charge in [-0.1, -0.05) is 46.0 Å². The zero-order valence-corrected chi connectivity index (χ0v) is 12.4. The number of nitrogens with zero attached hydrogens (tertiary/aromatic N) is 3. The number of rotatable bonds is 5. The number of hydrogen-bond donors (Lipinski definition) is 1. The van der Waals surface area contributed by atoms with Gasteiger partial charge in [-0.05, 0) is 18.8 Å². The summed E-state index contributed by atoms with van der Waals surface area (Å²) in [6, 6.07) is 0.671. The topological polar surface area (TPSA) is 42.7 Å². The van der Waals surface area contributed by atoms with Gasteiger partial charge in [-0.2, -0.15) is 5.10 Å². The molecule has 0 aromatic carbocycles. The lowest BCUT2D eigenvalue weighted by atomic mass is 9.97. The molecule has 1 aromatic heterocycles. The molecule has 0 atom stereocenters. The quantitative estimate of drug-likeness (QED) is 0.888. The maximum Gasteiger partial charge on any atom is 0.140 e. The number of aromatic nitrogens is 3. The minimum Gasteiger partial charge on any atom is -0.307 e. The van der Waals surface area contributed by atoms with E-state index in [0.29, 0.717) is 12.0 Å². The fourth-order valence-electron chi connectivity index (χ4n) is 2.82. The second-order valence-electron chi connectivity index (χ2n) is 6.18. The number of nitrogens with one attached hydrogen (secondary N) is 1. The van der Waals surface area contributed by atoms with Crippen molar-refractivity contribution in [1.82, 2.24) is 20.1 Å². The summed E-state index contributed by atoms with van der Waals surface area (Å²) in [5.41, 5.74) is 0. The number of hydrogen-bond acceptors (Lipinski definition) is 3. The average molecular weight is 264 g/mol. The molecule has 1 aromatic rings. The van der Waals surface area contributed by atoms with Crippen LogP contribution in [0.25, 0.3) is 0 Å². The van der Waals surface area contributed by atoms with Gasteiger partial charge in [0.25, 0.3) is 0 Å². The van der Waals surface area contributed by atoms with Crippen molar-refractivity contribution < 1.29 is 0 Å². The van der Waals surface area contributed by atoms with E-state index in [0.717, 1.165) is 18.9 Å². The summed E-state index contributed by atoms with van der Waals surface area (Å²) in [6.45, 7) is 6.25. The van der Waals surface area contributed by atoms with E-state index in [9.17, 15) is 0 Å². The summed E-state index contributed by atoms with van der Waals surface area (Å²) < 4.78 is 2.04. The van der Waals surface area contributed by atoms with Crippen LogP contribution >= 0.6 is 0 Å². The van der Waals surface area contributed by atoms with Gasteiger partial charge in [0.05, 0.1) is 6.54 Å². The van der Waals surface area contributed by atoms with Crippen LogP contribution in [0.3, 0.4) is 0 Å². The summed E-state index contributed by atoms with van der Waals surface area (Å²) in [4.78, 5) is 4.38. The Hall–Kier alpha value is -0.900. The van der Waals surface area contributed by atoms with E-state index in [1.807, 2.05) is 4.68 Å². The van der Waals surface area contributed by atoms with Gasteiger partial charge in [0.1, 0.15) is 12.2 Å². The molecule has 2 rings (SSSR count). The molecule has 0 radical (unpaired) electrons. The maximum atomic E-state index is 4.38. The first kappa shape index (κ1) is 14.5. The molecule has 0 amide bonds. The first-order valence-electron chi connectivity index (χ1n) is 7.86. The van der Waals surface area contributed by atoms with Crippen molar-refractivity contribution in [1.29, 1.82) is 0 Å². The van der Waals surface area contributed by atoms with E-state index in [4.69, 9.17) is 0 Å². The lowest BCUT2D eigenvalue weighted by Crippen LogP contribution is -2.30. The van der Waals surface area contributed by atoms with Gasteiger partial charge in [-0.15, -0.1) is 0 Å². The molecule has 1 saturated carbocycles. The normalized spacial score (nSPS) is 18.5. The first-order chi connectivity index (χ1) is 9.25. The Balaban J connectivity index is 1.81. The fraction of sp³-hybridized carbons (Fsp3) is 0.867. The molecule has 4 heteroatoms. The predicted octanol–water partition coefficient (Wildman–Crippen LogP) is 3.14. The van der Waals surface area contributed by atoms with Crippen molar-refractivity contribution in [2.24, 2.45) is 5.92 Å². The molecule has 1 heterocycles. The third-order valence-electron chi connectivity index (χ3n) is 3.89. The van der Waals surface area contributed by atoms with Gasteiger partial charge in [0.2, 0.25) is 0 Å². The largest absolute Gasteiger partial charge is 0.307 e. The van der Waals surface area contributed by atoms with Crippen LogP contribution in [0.5, 0.6) is 0 Å². The Bertz CT molecular complexity index is 351. The highest BCUT2D eigenvalue weighted by Crippen LogP contribution is 2.17. The molecule has 1 aliphatic rings. The summed E-state index contributed by atoms with van der Waals surface area (Å²) in [6.07, 6.45) is 11.3. The summed E-state index contributed by atoms with van der Waals surface area (Å²) in [5.74, 6) is 1.69. The van der Waals surface area contributed by atoms with Gasteiger partial charge in [-0.3, -0.25) is 0 Å². The van der Waals surface area contributed by atoms with E-state index in [2.05, 4.69) is 29.2 Å². The molecule has 4 nitrogen and oxygen atoms in total. The molecule has 0 spiro atoms. The van der Waals surface area contributed by atoms with Crippen LogP contribution in [-0.2, 0) is 13.1 Å². The smallest absolute Gasteiger partial charge is 0.140 e. The van der Waals surface area contributed by atoms with E-state index >= 15 is 0 Å². The Morgan fingerprint density at radius 3 is 2.58 bits per heavy atom. The molecule has 19 heavy (non-hydrogen) atoms. The van der Waals surface area contributed by atoms with Crippen LogP contribution < -0.4 is 5.32 Å². The first-order valence-corrected chi connectivity index (χ1v) is 7.86. The second kappa shape index (κ2) is 7.63. The van der Waals surface area contributed by atoms with Gasteiger partial charge >= 0.3 is 0 Å². The van der Waals surface area contributed by atoms with Crippen LogP contribution in [0.15, 0.2) is 6.33 Å². The van der Waals surface area contributed by atoms with Crippen molar-refractivity contribution in [3.05, 3.63) is 12.2 Å². The van der Waals surface area contributed by atoms with Crippen LogP contribution in [0, 0.1) is 5.92 Å². The van der Waals surface area contributed by atoms with E-state index in [1.165, 1.54) is 44.9 Å². The highest BCUT2D eigenvalue weighted by molar-refractivity contribution is 4.85. The standard InChI is InChI=1S/C15H28N4/c1-13(2)11-19-15(17-12-18-19)10-16-14-8-6-4-3-5-7-9-14/h12-14,16H,3-11H2,1-2H3. The third kappa shape index (κ3) is 4.94. The van der Waals surface area contributed by atoms with Crippen LogP contribution in [0.4, 0.5) is 0 Å². The fourth-order valence-corrected chi connectivity index (χ4v) is 2.82. The molecule has 0 saturated heterocycles. The molecule has 0 aliphatic heterocycles. The van der Waals surface area contributed by atoms with Crippen molar-refractivity contribution in [2.45, 2.75) is 77.9 Å². The van der Waals surface area contributed by atoms with Crippen molar-refractivity contribution >= 4 is 0 Å². The van der Waals surface area contributed by atoms with Gasteiger partial charge in [0.15, 0.2) is 0 Å². The molecule has 1 N–H and O–H groups in total. The highest BCUT2D eigenvalue weighted by Gasteiger charge is 2.12. The van der Waals surface area contributed by atoms with Gasteiger partial charge < -0.3 is 5.32 Å². The summed E-state index contributed by atoms with van der Waals surface area (Å²) in [7, 11) is 0. The molecule has 0 unspecified atom stereocenters. The van der Waals surface area contributed by atoms with Crippen LogP contribution in [0.2, 0.25) is 0 Å². The lowest BCUT2D eigenvalue weighted by molar-refractivity contribution is 0.377. The van der Waals surface area contributed by atoms with Crippen LogP contribution in [0.1, 0.15) is 64.6 Å². The average Bonchev–Trinajstić information content (AvgIpc) is 2.74. The summed E-state index contributed by atoms with van der Waals surface area (Å²) in [5, 5.41) is 8.00. The Labute approximate surface area is 117 Å². The monoisotopic (exact) mass is 264 g/mol. The minimum absolute atomic E-state index is 0.613. The second-order valence-corrected chi connectivity index (χ2v) is 6.18. The van der Waals surface area contributed by atoms with Crippen LogP contribution in [-0.4, -0.2) is 20.8 Å². The van der Waals surface area contributed by atoms with Crippen molar-refractivity contribution in [3.63, 3.8) is 0 Å². The SMILES string of the molecule is CC(C)Cn1ncnc1CNC1CCCCCCC1. The maximum absolute atomic E-state index is 4.38. The lowest BCUT2D eigenvalue weighted by Gasteiger charge is -2.21. The zero-order chi connectivity index (χ0) is 13.5. The van der Waals surface area contributed by atoms with Crippen molar-refractivity contribution in [3.8, 4) is 0 Å².